The van der Waals surface area contributed by atoms with E-state index in [1.54, 1.807) is 12.1 Å². The van der Waals surface area contributed by atoms with Crippen LogP contribution in [0.5, 0.6) is 0 Å². The van der Waals surface area contributed by atoms with Gasteiger partial charge in [0.25, 0.3) is 0 Å². The molecule has 32 heavy (non-hydrogen) atoms. The van der Waals surface area contributed by atoms with Gasteiger partial charge in [-0.1, -0.05) is 44.5 Å². The van der Waals surface area contributed by atoms with E-state index in [2.05, 4.69) is 31.6 Å². The third-order valence-electron chi connectivity index (χ3n) is 6.58. The normalized spacial score (nSPS) is 21.9. The quantitative estimate of drug-likeness (QED) is 0.399. The summed E-state index contributed by atoms with van der Waals surface area (Å²) in [5.41, 5.74) is 0.300. The van der Waals surface area contributed by atoms with E-state index in [-0.39, 0.29) is 51.7 Å². The van der Waals surface area contributed by atoms with Crippen LogP contribution in [0.3, 0.4) is 0 Å². The Balaban J connectivity index is 0.00000512. The number of aliphatic carboxylic acids is 1. The van der Waals surface area contributed by atoms with E-state index in [0.717, 1.165) is 38.5 Å². The van der Waals surface area contributed by atoms with E-state index in [0.29, 0.717) is 23.9 Å². The first kappa shape index (κ1) is 29.7. The standard InChI is InChI=1S/C24H36ClNO4S.Na/c1-23(2,3)19-12-15-24(16-13-19,14-6-4-5-7-22(27)28)17-18-26-31(29,30)21-10-8-20(25)9-11-21;/h4,6,8-11,19,26H,5,7,12-18H2,1-3H3,(H,27,28);/q;+1/p-1/b6-4-;. The van der Waals surface area contributed by atoms with E-state index < -0.39 is 16.0 Å². The summed E-state index contributed by atoms with van der Waals surface area (Å²) in [6.45, 7) is 7.22. The van der Waals surface area contributed by atoms with Crippen molar-refractivity contribution in [3.63, 3.8) is 0 Å². The molecule has 2 rings (SSSR count). The minimum atomic E-state index is -3.58. The monoisotopic (exact) mass is 491 g/mol. The topological polar surface area (TPSA) is 86.3 Å². The fourth-order valence-electron chi connectivity index (χ4n) is 4.45. The van der Waals surface area contributed by atoms with Gasteiger partial charge in [-0.05, 0) is 92.4 Å². The molecule has 1 aliphatic carbocycles. The average molecular weight is 492 g/mol. The Morgan fingerprint density at radius 2 is 1.78 bits per heavy atom. The van der Waals surface area contributed by atoms with Gasteiger partial charge in [0.15, 0.2) is 0 Å². The minimum Gasteiger partial charge on any atom is -0.550 e. The van der Waals surface area contributed by atoms with Crippen LogP contribution in [0.1, 0.15) is 72.1 Å². The van der Waals surface area contributed by atoms with Crippen LogP contribution in [0.4, 0.5) is 0 Å². The number of carboxylic acids is 1. The van der Waals surface area contributed by atoms with Crippen molar-refractivity contribution in [2.75, 3.05) is 6.54 Å². The second kappa shape index (κ2) is 12.9. The van der Waals surface area contributed by atoms with Gasteiger partial charge in [-0.3, -0.25) is 0 Å². The van der Waals surface area contributed by atoms with E-state index in [9.17, 15) is 18.3 Å². The zero-order valence-corrected chi connectivity index (χ0v) is 23.4. The molecule has 0 bridgehead atoms. The van der Waals surface area contributed by atoms with Gasteiger partial charge in [0.1, 0.15) is 0 Å². The molecule has 1 saturated carbocycles. The Morgan fingerprint density at radius 3 is 2.31 bits per heavy atom. The number of rotatable bonds is 10. The number of carbonyl (C=O) groups is 1. The molecule has 0 saturated heterocycles. The molecule has 5 nitrogen and oxygen atoms in total. The molecule has 1 fully saturated rings. The number of hydrogen-bond donors (Lipinski definition) is 1. The molecule has 0 spiro atoms. The molecule has 0 heterocycles. The number of carbonyl (C=O) groups excluding carboxylic acids is 1. The molecule has 0 atom stereocenters. The number of sulfonamides is 1. The van der Waals surface area contributed by atoms with E-state index in [4.69, 9.17) is 11.6 Å². The Kier molecular flexibility index (Phi) is 12.0. The van der Waals surface area contributed by atoms with Crippen LogP contribution in [0.2, 0.25) is 5.02 Å². The molecule has 0 amide bonds. The molecular formula is C24H35ClNNaO4S. The Morgan fingerprint density at radius 1 is 1.19 bits per heavy atom. The summed E-state index contributed by atoms with van der Waals surface area (Å²) in [7, 11) is -3.58. The van der Waals surface area contributed by atoms with Gasteiger partial charge in [0.2, 0.25) is 10.0 Å². The second-order valence-electron chi connectivity index (χ2n) is 9.83. The molecule has 1 N–H and O–H groups in total. The van der Waals surface area contributed by atoms with Crippen LogP contribution in [-0.2, 0) is 14.8 Å². The van der Waals surface area contributed by atoms with Crippen molar-refractivity contribution in [2.45, 2.75) is 77.0 Å². The van der Waals surface area contributed by atoms with Crippen molar-refractivity contribution in [3.8, 4) is 0 Å². The Labute approximate surface area is 220 Å². The van der Waals surface area contributed by atoms with Crippen LogP contribution in [0, 0.1) is 16.7 Å². The Bertz CT molecular complexity index is 855. The molecule has 1 aromatic rings. The predicted octanol–water partition coefficient (Wildman–Crippen LogP) is 1.71. The summed E-state index contributed by atoms with van der Waals surface area (Å²) in [6.07, 6.45) is 10.4. The zero-order valence-electron chi connectivity index (χ0n) is 19.8. The number of allylic oxidation sites excluding steroid dienone is 2. The van der Waals surface area contributed by atoms with Gasteiger partial charge in [0.05, 0.1) is 4.90 Å². The molecule has 0 unspecified atom stereocenters. The number of nitrogens with one attached hydrogen (secondary N) is 1. The van der Waals surface area contributed by atoms with Gasteiger partial charge in [-0.15, -0.1) is 0 Å². The molecule has 1 aliphatic rings. The number of benzene rings is 1. The number of halogens is 1. The Hall–Kier alpha value is -0.370. The average Bonchev–Trinajstić information content (AvgIpc) is 2.67. The molecule has 0 aliphatic heterocycles. The first-order valence-electron chi connectivity index (χ1n) is 11.0. The zero-order chi connectivity index (χ0) is 23.1. The van der Waals surface area contributed by atoms with Crippen molar-refractivity contribution in [3.05, 3.63) is 41.4 Å². The predicted molar refractivity (Wildman–Crippen MR) is 123 cm³/mol. The first-order chi connectivity index (χ1) is 14.4. The maximum atomic E-state index is 12.6. The van der Waals surface area contributed by atoms with Crippen LogP contribution in [0.25, 0.3) is 0 Å². The van der Waals surface area contributed by atoms with E-state index >= 15 is 0 Å². The maximum absolute atomic E-state index is 12.6. The summed E-state index contributed by atoms with van der Waals surface area (Å²) in [5, 5.41) is 11.1. The summed E-state index contributed by atoms with van der Waals surface area (Å²) in [4.78, 5) is 10.8. The molecular weight excluding hydrogens is 457 g/mol. The fraction of sp³-hybridized carbons (Fsp3) is 0.625. The maximum Gasteiger partial charge on any atom is 1.00 e. The second-order valence-corrected chi connectivity index (χ2v) is 12.0. The first-order valence-corrected chi connectivity index (χ1v) is 12.9. The molecule has 0 radical (unpaired) electrons. The molecule has 0 aromatic heterocycles. The van der Waals surface area contributed by atoms with Crippen LogP contribution < -0.4 is 39.4 Å². The fourth-order valence-corrected chi connectivity index (χ4v) is 5.61. The minimum absolute atomic E-state index is 0. The van der Waals surface area contributed by atoms with Crippen LogP contribution in [0.15, 0.2) is 41.3 Å². The molecule has 174 valence electrons. The third-order valence-corrected chi connectivity index (χ3v) is 8.30. The van der Waals surface area contributed by atoms with Crippen molar-refractivity contribution < 1.29 is 47.9 Å². The summed E-state index contributed by atoms with van der Waals surface area (Å²) in [6, 6.07) is 6.16. The van der Waals surface area contributed by atoms with Crippen LogP contribution >= 0.6 is 11.6 Å². The van der Waals surface area contributed by atoms with Crippen molar-refractivity contribution >= 4 is 27.6 Å². The largest absolute Gasteiger partial charge is 1.00 e. The van der Waals surface area contributed by atoms with Crippen LogP contribution in [-0.4, -0.2) is 20.9 Å². The van der Waals surface area contributed by atoms with Gasteiger partial charge >= 0.3 is 29.6 Å². The smallest absolute Gasteiger partial charge is 0.550 e. The van der Waals surface area contributed by atoms with Gasteiger partial charge in [-0.2, -0.15) is 0 Å². The summed E-state index contributed by atoms with van der Waals surface area (Å²) < 4.78 is 28.0. The van der Waals surface area contributed by atoms with Crippen molar-refractivity contribution in [1.82, 2.24) is 4.72 Å². The molecule has 8 heteroatoms. The van der Waals surface area contributed by atoms with E-state index in [1.807, 2.05) is 6.08 Å². The number of carboxylic acid groups (broad SMARTS) is 1. The summed E-state index contributed by atoms with van der Waals surface area (Å²) in [5.74, 6) is -0.380. The summed E-state index contributed by atoms with van der Waals surface area (Å²) >= 11 is 5.86. The SMILES string of the molecule is CC(C)(C)C1CCC(C/C=C\CCC(=O)[O-])(CCNS(=O)(=O)c2ccc(Cl)cc2)CC1.[Na+]. The van der Waals surface area contributed by atoms with E-state index in [1.165, 1.54) is 12.1 Å². The van der Waals surface area contributed by atoms with Gasteiger partial charge in [0, 0.05) is 17.5 Å². The van der Waals surface area contributed by atoms with Crippen molar-refractivity contribution in [1.29, 1.82) is 0 Å². The van der Waals surface area contributed by atoms with Crippen molar-refractivity contribution in [2.24, 2.45) is 16.7 Å². The van der Waals surface area contributed by atoms with Gasteiger partial charge < -0.3 is 9.90 Å². The molecule has 1 aromatic carbocycles. The third kappa shape index (κ3) is 9.47. The van der Waals surface area contributed by atoms with Gasteiger partial charge in [-0.25, -0.2) is 13.1 Å². The number of hydrogen-bond acceptors (Lipinski definition) is 4.